The minimum Gasteiger partial charge on any atom is -0.342 e. The van der Waals surface area contributed by atoms with Crippen molar-refractivity contribution < 1.29 is 22.7 Å². The predicted octanol–water partition coefficient (Wildman–Crippen LogP) is 2.60. The summed E-state index contributed by atoms with van der Waals surface area (Å²) in [6.07, 6.45) is 4.00. The molecule has 5 heterocycles. The SMILES string of the molecule is O=C1N2C(CCC2c2cc(F)cc(F)c2)OC12CCN(c1ncc(F)c3ncnn13)CC2. The second-order valence-corrected chi connectivity index (χ2v) is 8.46. The summed E-state index contributed by atoms with van der Waals surface area (Å²) in [5.74, 6) is -1.58. The molecule has 3 aliphatic heterocycles. The average molecular weight is 444 g/mol. The van der Waals surface area contributed by atoms with Crippen LogP contribution >= 0.6 is 0 Å². The first-order valence-electron chi connectivity index (χ1n) is 10.5. The number of halogens is 3. The average Bonchev–Trinajstić information content (AvgIpc) is 3.46. The highest BCUT2D eigenvalue weighted by atomic mass is 19.1. The van der Waals surface area contributed by atoms with Crippen LogP contribution in [0.25, 0.3) is 5.65 Å². The monoisotopic (exact) mass is 444 g/mol. The van der Waals surface area contributed by atoms with Crippen molar-refractivity contribution in [3.05, 3.63) is 53.7 Å². The molecule has 3 aliphatic rings. The molecule has 32 heavy (non-hydrogen) atoms. The number of aromatic nitrogens is 4. The number of ether oxygens (including phenoxy) is 1. The number of hydrogen-bond acceptors (Lipinski definition) is 6. The normalized spacial score (nSPS) is 24.7. The van der Waals surface area contributed by atoms with Crippen LogP contribution in [-0.2, 0) is 9.53 Å². The van der Waals surface area contributed by atoms with Gasteiger partial charge in [0.1, 0.15) is 24.2 Å². The van der Waals surface area contributed by atoms with Gasteiger partial charge >= 0.3 is 0 Å². The summed E-state index contributed by atoms with van der Waals surface area (Å²) in [7, 11) is 0. The van der Waals surface area contributed by atoms with Gasteiger partial charge in [-0.2, -0.15) is 9.61 Å². The molecule has 166 valence electrons. The first kappa shape index (κ1) is 19.5. The fraction of sp³-hybridized carbons (Fsp3) is 0.429. The van der Waals surface area contributed by atoms with E-state index in [1.54, 1.807) is 4.90 Å². The summed E-state index contributed by atoms with van der Waals surface area (Å²) < 4.78 is 49.0. The lowest BCUT2D eigenvalue weighted by molar-refractivity contribution is -0.140. The molecule has 1 amide bonds. The van der Waals surface area contributed by atoms with Gasteiger partial charge in [0.15, 0.2) is 17.1 Å². The molecule has 2 atom stereocenters. The fourth-order valence-corrected chi connectivity index (χ4v) is 5.20. The first-order chi connectivity index (χ1) is 15.4. The van der Waals surface area contributed by atoms with Crippen molar-refractivity contribution in [2.45, 2.75) is 43.6 Å². The largest absolute Gasteiger partial charge is 0.342 e. The second-order valence-electron chi connectivity index (χ2n) is 8.46. The Hall–Kier alpha value is -3.21. The molecule has 0 saturated carbocycles. The van der Waals surface area contributed by atoms with Gasteiger partial charge in [-0.05, 0) is 30.5 Å². The molecule has 0 radical (unpaired) electrons. The van der Waals surface area contributed by atoms with E-state index in [9.17, 15) is 18.0 Å². The van der Waals surface area contributed by atoms with Crippen molar-refractivity contribution in [1.82, 2.24) is 24.5 Å². The topological polar surface area (TPSA) is 75.9 Å². The third kappa shape index (κ3) is 2.80. The lowest BCUT2D eigenvalue weighted by atomic mass is 9.89. The third-order valence-corrected chi connectivity index (χ3v) is 6.69. The highest BCUT2D eigenvalue weighted by molar-refractivity contribution is 5.88. The van der Waals surface area contributed by atoms with Gasteiger partial charge in [-0.3, -0.25) is 4.79 Å². The number of hydrogen-bond donors (Lipinski definition) is 0. The molecule has 0 N–H and O–H groups in total. The van der Waals surface area contributed by atoms with Crippen LogP contribution in [0.15, 0.2) is 30.7 Å². The maximum atomic E-state index is 13.9. The maximum Gasteiger partial charge on any atom is 0.257 e. The minimum absolute atomic E-state index is 0.0919. The fourth-order valence-electron chi connectivity index (χ4n) is 5.20. The van der Waals surface area contributed by atoms with Crippen LogP contribution < -0.4 is 4.90 Å². The van der Waals surface area contributed by atoms with Crippen molar-refractivity contribution in [2.24, 2.45) is 0 Å². The molecule has 8 nitrogen and oxygen atoms in total. The van der Waals surface area contributed by atoms with E-state index in [0.717, 1.165) is 12.3 Å². The van der Waals surface area contributed by atoms with E-state index in [4.69, 9.17) is 4.74 Å². The summed E-state index contributed by atoms with van der Waals surface area (Å²) in [5.41, 5.74) is -0.442. The lowest BCUT2D eigenvalue weighted by Crippen LogP contribution is -2.51. The molecule has 2 unspecified atom stereocenters. The van der Waals surface area contributed by atoms with Crippen LogP contribution in [-0.4, -0.2) is 55.3 Å². The lowest BCUT2D eigenvalue weighted by Gasteiger charge is -2.37. The quantitative estimate of drug-likeness (QED) is 0.605. The van der Waals surface area contributed by atoms with Gasteiger partial charge in [0, 0.05) is 32.0 Å². The number of benzene rings is 1. The van der Waals surface area contributed by atoms with E-state index < -0.39 is 35.3 Å². The molecule has 0 bridgehead atoms. The van der Waals surface area contributed by atoms with Gasteiger partial charge < -0.3 is 14.5 Å². The van der Waals surface area contributed by atoms with E-state index in [1.807, 2.05) is 4.90 Å². The van der Waals surface area contributed by atoms with Crippen molar-refractivity contribution in [3.8, 4) is 0 Å². The molecule has 3 saturated heterocycles. The molecule has 3 fully saturated rings. The van der Waals surface area contributed by atoms with Crippen LogP contribution in [0.1, 0.15) is 37.3 Å². The summed E-state index contributed by atoms with van der Waals surface area (Å²) in [6, 6.07) is 2.97. The Morgan fingerprint density at radius 3 is 2.53 bits per heavy atom. The molecule has 6 rings (SSSR count). The van der Waals surface area contributed by atoms with Crippen molar-refractivity contribution in [1.29, 1.82) is 0 Å². The Balaban J connectivity index is 1.24. The van der Waals surface area contributed by atoms with E-state index in [-0.39, 0.29) is 11.6 Å². The molecule has 1 spiro atoms. The zero-order chi connectivity index (χ0) is 22.0. The van der Waals surface area contributed by atoms with Crippen molar-refractivity contribution >= 4 is 17.5 Å². The zero-order valence-corrected chi connectivity index (χ0v) is 16.9. The standard InChI is InChI=1S/C21H19F3N6O2/c22-13-7-12(8-14(23)9-13)16-1-2-17-29(16)19(31)21(32-17)3-5-28(6-4-21)20-25-10-15(24)18-26-11-27-30(18)20/h7-11,16-17H,1-6H2. The Morgan fingerprint density at radius 1 is 1.03 bits per heavy atom. The number of anilines is 1. The molecule has 0 aliphatic carbocycles. The predicted molar refractivity (Wildman–Crippen MR) is 105 cm³/mol. The number of carbonyl (C=O) groups excluding carboxylic acids is 1. The number of piperidine rings is 1. The van der Waals surface area contributed by atoms with E-state index in [2.05, 4.69) is 15.1 Å². The number of amides is 1. The Morgan fingerprint density at radius 2 is 1.78 bits per heavy atom. The van der Waals surface area contributed by atoms with Gasteiger partial charge in [0.05, 0.1) is 12.2 Å². The van der Waals surface area contributed by atoms with E-state index in [1.165, 1.54) is 23.0 Å². The zero-order valence-electron chi connectivity index (χ0n) is 16.9. The maximum absolute atomic E-state index is 13.9. The van der Waals surface area contributed by atoms with Gasteiger partial charge in [-0.1, -0.05) is 0 Å². The Bertz CT molecular complexity index is 1210. The van der Waals surface area contributed by atoms with Crippen LogP contribution in [0.3, 0.4) is 0 Å². The highest BCUT2D eigenvalue weighted by Crippen LogP contribution is 2.48. The number of rotatable bonds is 2. The molecule has 2 aromatic heterocycles. The highest BCUT2D eigenvalue weighted by Gasteiger charge is 2.58. The number of nitrogens with zero attached hydrogens (tertiary/aromatic N) is 6. The van der Waals surface area contributed by atoms with Gasteiger partial charge in [0.2, 0.25) is 5.95 Å². The molecular weight excluding hydrogens is 425 g/mol. The van der Waals surface area contributed by atoms with Crippen LogP contribution in [0.2, 0.25) is 0 Å². The van der Waals surface area contributed by atoms with Crippen molar-refractivity contribution in [3.63, 3.8) is 0 Å². The Labute approximate surface area is 180 Å². The third-order valence-electron chi connectivity index (χ3n) is 6.69. The van der Waals surface area contributed by atoms with Crippen LogP contribution in [0.4, 0.5) is 19.1 Å². The molecule has 11 heteroatoms. The summed E-state index contributed by atoms with van der Waals surface area (Å²) in [6.45, 7) is 0.915. The summed E-state index contributed by atoms with van der Waals surface area (Å²) in [4.78, 5) is 25.1. The summed E-state index contributed by atoms with van der Waals surface area (Å²) in [5, 5.41) is 4.06. The molecule has 1 aromatic carbocycles. The molecular formula is C21H19F3N6O2. The van der Waals surface area contributed by atoms with Crippen molar-refractivity contribution in [2.75, 3.05) is 18.0 Å². The summed E-state index contributed by atoms with van der Waals surface area (Å²) >= 11 is 0. The smallest absolute Gasteiger partial charge is 0.257 e. The van der Waals surface area contributed by atoms with Gasteiger partial charge in [-0.25, -0.2) is 23.1 Å². The van der Waals surface area contributed by atoms with E-state index >= 15 is 0 Å². The Kier molecular flexibility index (Phi) is 4.19. The number of carbonyl (C=O) groups is 1. The first-order valence-corrected chi connectivity index (χ1v) is 10.5. The van der Waals surface area contributed by atoms with Crippen LogP contribution in [0, 0.1) is 17.5 Å². The van der Waals surface area contributed by atoms with Crippen LogP contribution in [0.5, 0.6) is 0 Å². The molecule has 3 aromatic rings. The van der Waals surface area contributed by atoms with Gasteiger partial charge in [0.25, 0.3) is 5.91 Å². The minimum atomic E-state index is -0.979. The van der Waals surface area contributed by atoms with Gasteiger partial charge in [-0.15, -0.1) is 0 Å². The second kappa shape index (κ2) is 6.89. The number of fused-ring (bicyclic) bond motifs is 2. The van der Waals surface area contributed by atoms with E-state index in [0.29, 0.717) is 50.3 Å².